The van der Waals surface area contributed by atoms with Gasteiger partial charge in [-0.15, -0.1) is 0 Å². The maximum Gasteiger partial charge on any atom is 0.219 e. The van der Waals surface area contributed by atoms with Crippen LogP contribution in [-0.2, 0) is 16.2 Å². The van der Waals surface area contributed by atoms with Gasteiger partial charge in [0.25, 0.3) is 0 Å². The third kappa shape index (κ3) is 2.86. The van der Waals surface area contributed by atoms with Crippen LogP contribution in [0.3, 0.4) is 0 Å². The average Bonchev–Trinajstić information content (AvgIpc) is 3.54. The predicted octanol–water partition coefficient (Wildman–Crippen LogP) is 3.68. The zero-order chi connectivity index (χ0) is 22.0. The van der Waals surface area contributed by atoms with E-state index in [1.54, 1.807) is 12.3 Å². The minimum atomic E-state index is -1.45. The molecule has 2 aliphatic rings. The Bertz CT molecular complexity index is 1440. The molecule has 32 heavy (non-hydrogen) atoms. The number of fused-ring (bicyclic) bond motifs is 3. The number of aromatic hydroxyl groups is 1. The van der Waals surface area contributed by atoms with Gasteiger partial charge in [0.2, 0.25) is 5.16 Å². The molecular weight excluding hydrogens is 427 g/mol. The largest absolute Gasteiger partial charge is 0.508 e. The lowest BCUT2D eigenvalue weighted by molar-refractivity contribution is 0.437. The van der Waals surface area contributed by atoms with Crippen molar-refractivity contribution in [3.63, 3.8) is 0 Å². The maximum atomic E-state index is 16.0. The number of hydrogen-bond donors (Lipinski definition) is 2. The van der Waals surface area contributed by atoms with Crippen LogP contribution < -0.4 is 5.32 Å². The molecule has 162 valence electrons. The van der Waals surface area contributed by atoms with Crippen molar-refractivity contribution in [3.05, 3.63) is 54.1 Å². The van der Waals surface area contributed by atoms with E-state index in [4.69, 9.17) is 0 Å². The summed E-state index contributed by atoms with van der Waals surface area (Å²) in [6.45, 7) is 1.77. The number of nitrogens with zero attached hydrogens (tertiary/aromatic N) is 3. The molecule has 2 aromatic carbocycles. The van der Waals surface area contributed by atoms with Gasteiger partial charge >= 0.3 is 0 Å². The number of halogens is 1. The molecular formula is C24H21FN4O2S. The minimum absolute atomic E-state index is 0.0353. The summed E-state index contributed by atoms with van der Waals surface area (Å²) < 4.78 is 28.3. The Hall–Kier alpha value is -2.97. The smallest absolute Gasteiger partial charge is 0.219 e. The van der Waals surface area contributed by atoms with Gasteiger partial charge in [-0.25, -0.2) is 14.4 Å². The number of nitrogens with one attached hydrogen (secondary N) is 1. The molecule has 2 N–H and O–H groups in total. The second kappa shape index (κ2) is 7.02. The summed E-state index contributed by atoms with van der Waals surface area (Å²) >= 11 is 0. The van der Waals surface area contributed by atoms with Gasteiger partial charge in [0.1, 0.15) is 17.0 Å². The van der Waals surface area contributed by atoms with Gasteiger partial charge in [-0.3, -0.25) is 9.19 Å². The first kappa shape index (κ1) is 19.7. The fourth-order valence-electron chi connectivity index (χ4n) is 5.17. The normalized spacial score (nSPS) is 23.2. The lowest BCUT2D eigenvalue weighted by atomic mass is 9.90. The molecule has 0 radical (unpaired) electrons. The average molecular weight is 449 g/mol. The molecule has 2 aromatic heterocycles. The molecule has 4 aromatic rings. The van der Waals surface area contributed by atoms with Crippen molar-refractivity contribution < 1.29 is 13.7 Å². The molecule has 2 fully saturated rings. The highest BCUT2D eigenvalue weighted by molar-refractivity contribution is 7.84. The molecule has 1 saturated heterocycles. The highest BCUT2D eigenvalue weighted by Gasteiger charge is 2.58. The lowest BCUT2D eigenvalue weighted by Crippen LogP contribution is -2.32. The van der Waals surface area contributed by atoms with E-state index in [2.05, 4.69) is 20.3 Å². The van der Waals surface area contributed by atoms with Crippen LogP contribution in [0.5, 0.6) is 5.75 Å². The van der Waals surface area contributed by atoms with E-state index in [-0.39, 0.29) is 27.5 Å². The van der Waals surface area contributed by atoms with Crippen LogP contribution in [0.2, 0.25) is 0 Å². The Balaban J connectivity index is 1.63. The summed E-state index contributed by atoms with van der Waals surface area (Å²) in [4.78, 5) is 13.5. The molecule has 6 nitrogen and oxygen atoms in total. The van der Waals surface area contributed by atoms with Crippen molar-refractivity contribution in [2.24, 2.45) is 5.92 Å². The number of pyridine rings is 1. The predicted molar refractivity (Wildman–Crippen MR) is 122 cm³/mol. The number of hydrogen-bond acceptors (Lipinski definition) is 6. The topological polar surface area (TPSA) is 88.0 Å². The van der Waals surface area contributed by atoms with Crippen LogP contribution in [0.15, 0.2) is 47.8 Å². The van der Waals surface area contributed by atoms with Gasteiger partial charge in [-0.2, -0.15) is 0 Å². The molecule has 1 aliphatic carbocycles. The summed E-state index contributed by atoms with van der Waals surface area (Å²) in [7, 11) is -1.45. The molecule has 3 heterocycles. The van der Waals surface area contributed by atoms with Gasteiger partial charge in [0, 0.05) is 28.8 Å². The first-order chi connectivity index (χ1) is 15.5. The van der Waals surface area contributed by atoms with E-state index < -0.39 is 16.6 Å². The van der Waals surface area contributed by atoms with Gasteiger partial charge in [0.05, 0.1) is 16.5 Å². The number of phenolic OH excluding ortho intramolecular Hbond substituents is 1. The van der Waals surface area contributed by atoms with E-state index in [1.165, 1.54) is 12.3 Å². The summed E-state index contributed by atoms with van der Waals surface area (Å²) in [5.41, 5.74) is 1.36. The molecule has 0 spiro atoms. The van der Waals surface area contributed by atoms with Crippen LogP contribution in [0.1, 0.15) is 18.5 Å². The van der Waals surface area contributed by atoms with E-state index in [0.717, 1.165) is 42.4 Å². The zero-order valence-corrected chi connectivity index (χ0v) is 18.2. The first-order valence-corrected chi connectivity index (χ1v) is 12.2. The van der Waals surface area contributed by atoms with Crippen LogP contribution in [0.4, 0.5) is 4.39 Å². The third-order valence-corrected chi connectivity index (χ3v) is 7.56. The Kier molecular flexibility index (Phi) is 4.32. The van der Waals surface area contributed by atoms with E-state index in [9.17, 15) is 9.32 Å². The maximum absolute atomic E-state index is 16.0. The standard InChI is InChI=1S/C24H21FN4O2S/c1-32(31)23-28-21-18(22(29-23)24-6-7-26-11-14(24)10-24)12-27-20(19(21)25)17-9-15(30)8-13-4-2-3-5-16(13)17/h2-5,8-9,12,14,26,30H,6-7,10-11H2,1H3. The minimum Gasteiger partial charge on any atom is -0.508 e. The van der Waals surface area contributed by atoms with Crippen molar-refractivity contribution in [2.75, 3.05) is 19.3 Å². The van der Waals surface area contributed by atoms with E-state index in [1.807, 2.05) is 24.3 Å². The number of benzene rings is 2. The number of piperidine rings is 1. The quantitative estimate of drug-likeness (QED) is 0.465. The summed E-state index contributed by atoms with van der Waals surface area (Å²) in [5, 5.41) is 15.9. The van der Waals surface area contributed by atoms with Gasteiger partial charge < -0.3 is 10.4 Å². The van der Waals surface area contributed by atoms with Crippen molar-refractivity contribution in [3.8, 4) is 17.0 Å². The van der Waals surface area contributed by atoms with Crippen LogP contribution in [0, 0.1) is 11.7 Å². The molecule has 8 heteroatoms. The Morgan fingerprint density at radius 3 is 2.88 bits per heavy atom. The molecule has 1 aliphatic heterocycles. The lowest BCUT2D eigenvalue weighted by Gasteiger charge is -2.24. The molecule has 3 atom stereocenters. The number of phenols is 1. The van der Waals surface area contributed by atoms with Gasteiger partial charge in [0.15, 0.2) is 5.82 Å². The molecule has 0 bridgehead atoms. The number of rotatable bonds is 3. The highest BCUT2D eigenvalue weighted by Crippen LogP contribution is 2.58. The van der Waals surface area contributed by atoms with Crippen molar-refractivity contribution in [2.45, 2.75) is 23.4 Å². The fourth-order valence-corrected chi connectivity index (χ4v) is 5.61. The van der Waals surface area contributed by atoms with Crippen molar-refractivity contribution in [1.82, 2.24) is 20.3 Å². The van der Waals surface area contributed by atoms with Gasteiger partial charge in [-0.1, -0.05) is 24.3 Å². The Morgan fingerprint density at radius 1 is 1.22 bits per heavy atom. The fraction of sp³-hybridized carbons (Fsp3) is 0.292. The van der Waals surface area contributed by atoms with Crippen LogP contribution in [0.25, 0.3) is 32.9 Å². The Labute approximate surface area is 186 Å². The van der Waals surface area contributed by atoms with Gasteiger partial charge in [-0.05, 0) is 54.8 Å². The molecule has 1 saturated carbocycles. The second-order valence-corrected chi connectivity index (χ2v) is 9.99. The Morgan fingerprint density at radius 2 is 2.06 bits per heavy atom. The summed E-state index contributed by atoms with van der Waals surface area (Å²) in [5.74, 6) is -0.116. The second-order valence-electron chi connectivity index (χ2n) is 8.72. The molecule has 0 amide bonds. The molecule has 6 rings (SSSR count). The SMILES string of the molecule is CS(=O)c1nc(C23CCNCC2C3)c2cnc(-c3cc(O)cc4ccccc34)c(F)c2n1. The summed E-state index contributed by atoms with van der Waals surface area (Å²) in [6.07, 6.45) is 5.02. The third-order valence-electron chi connectivity index (χ3n) is 6.86. The monoisotopic (exact) mass is 448 g/mol. The summed E-state index contributed by atoms with van der Waals surface area (Å²) in [6, 6.07) is 10.6. The molecule has 3 unspecified atom stereocenters. The van der Waals surface area contributed by atoms with Crippen LogP contribution >= 0.6 is 0 Å². The van der Waals surface area contributed by atoms with E-state index >= 15 is 4.39 Å². The highest BCUT2D eigenvalue weighted by atomic mass is 32.2. The number of aromatic nitrogens is 3. The first-order valence-electron chi connectivity index (χ1n) is 10.6. The zero-order valence-electron chi connectivity index (χ0n) is 17.4. The van der Waals surface area contributed by atoms with Crippen molar-refractivity contribution in [1.29, 1.82) is 0 Å². The van der Waals surface area contributed by atoms with Crippen LogP contribution in [-0.4, -0.2) is 43.6 Å². The van der Waals surface area contributed by atoms with Crippen molar-refractivity contribution >= 4 is 32.5 Å². The van der Waals surface area contributed by atoms with E-state index in [0.29, 0.717) is 16.9 Å².